The van der Waals surface area contributed by atoms with Gasteiger partial charge in [0.15, 0.2) is 0 Å². The Balaban J connectivity index is 1.82. The molecule has 1 aliphatic heterocycles. The van der Waals surface area contributed by atoms with Crippen LogP contribution in [-0.4, -0.2) is 39.1 Å². The van der Waals surface area contributed by atoms with Gasteiger partial charge in [0.05, 0.1) is 29.4 Å². The minimum Gasteiger partial charge on any atom is -0.478 e. The fourth-order valence-corrected chi connectivity index (χ4v) is 3.43. The number of aromatic carboxylic acids is 1. The molecule has 6 nitrogen and oxygen atoms in total. The molecule has 0 amide bonds. The molecule has 0 bridgehead atoms. The third kappa shape index (κ3) is 2.99. The summed E-state index contributed by atoms with van der Waals surface area (Å²) in [6.07, 6.45) is 4.35. The van der Waals surface area contributed by atoms with Crippen LogP contribution in [0.25, 0.3) is 10.9 Å². The summed E-state index contributed by atoms with van der Waals surface area (Å²) < 4.78 is 7.46. The van der Waals surface area contributed by atoms with E-state index < -0.39 is 5.97 Å². The normalized spacial score (nSPS) is 17.2. The first kappa shape index (κ1) is 16.1. The number of carbonyl (C=O) groups is 1. The molecule has 1 unspecified atom stereocenters. The molecule has 1 aliphatic rings. The number of benzene rings is 1. The summed E-state index contributed by atoms with van der Waals surface area (Å²) in [5.41, 5.74) is 2.64. The van der Waals surface area contributed by atoms with E-state index in [1.807, 2.05) is 22.9 Å². The van der Waals surface area contributed by atoms with Crippen molar-refractivity contribution in [2.24, 2.45) is 0 Å². The summed E-state index contributed by atoms with van der Waals surface area (Å²) in [7, 11) is 0. The number of fused-ring (bicyclic) bond motifs is 1. The quantitative estimate of drug-likeness (QED) is 0.775. The van der Waals surface area contributed by atoms with Crippen LogP contribution >= 0.6 is 11.6 Å². The van der Waals surface area contributed by atoms with E-state index in [1.54, 1.807) is 6.20 Å². The molecule has 128 valence electrons. The lowest BCUT2D eigenvalue weighted by Crippen LogP contribution is -2.10. The molecule has 0 spiro atoms. The first-order chi connectivity index (χ1) is 12.1. The van der Waals surface area contributed by atoms with Crippen LogP contribution < -0.4 is 0 Å². The Hall–Kier alpha value is -2.44. The average Bonchev–Trinajstić information content (AvgIpc) is 3.23. The van der Waals surface area contributed by atoms with Crippen LogP contribution in [0.2, 0.25) is 5.02 Å². The van der Waals surface area contributed by atoms with Gasteiger partial charge in [-0.15, -0.1) is 0 Å². The molecule has 1 saturated heterocycles. The largest absolute Gasteiger partial charge is 0.478 e. The van der Waals surface area contributed by atoms with Crippen molar-refractivity contribution in [1.82, 2.24) is 14.8 Å². The Morgan fingerprint density at radius 3 is 3.04 bits per heavy atom. The minimum atomic E-state index is -0.969. The highest BCUT2D eigenvalue weighted by molar-refractivity contribution is 6.31. The van der Waals surface area contributed by atoms with Gasteiger partial charge in [-0.25, -0.2) is 4.79 Å². The minimum absolute atomic E-state index is 0.185. The van der Waals surface area contributed by atoms with Gasteiger partial charge in [-0.05, 0) is 36.2 Å². The zero-order valence-corrected chi connectivity index (χ0v) is 14.1. The van der Waals surface area contributed by atoms with Crippen LogP contribution in [0.3, 0.4) is 0 Å². The van der Waals surface area contributed by atoms with Gasteiger partial charge in [0, 0.05) is 35.8 Å². The van der Waals surface area contributed by atoms with E-state index in [0.29, 0.717) is 23.6 Å². The Morgan fingerprint density at radius 2 is 2.28 bits per heavy atom. The molecule has 1 fully saturated rings. The van der Waals surface area contributed by atoms with E-state index in [2.05, 4.69) is 4.98 Å². The van der Waals surface area contributed by atoms with Gasteiger partial charge < -0.3 is 9.84 Å². The number of ether oxygens (including phenoxy) is 1. The molecule has 7 heteroatoms. The molecule has 0 saturated carbocycles. The lowest BCUT2D eigenvalue weighted by molar-refractivity contribution is 0.0695. The second kappa shape index (κ2) is 6.46. The number of hydrogen-bond donors (Lipinski definition) is 1. The average molecular weight is 358 g/mol. The Labute approximate surface area is 149 Å². The maximum Gasteiger partial charge on any atom is 0.336 e. The second-order valence-electron chi connectivity index (χ2n) is 6.08. The predicted molar refractivity (Wildman–Crippen MR) is 93.2 cm³/mol. The molecule has 3 aromatic rings. The molecule has 0 aliphatic carbocycles. The van der Waals surface area contributed by atoms with Gasteiger partial charge in [0.1, 0.15) is 0 Å². The van der Waals surface area contributed by atoms with E-state index in [0.717, 1.165) is 29.6 Å². The summed E-state index contributed by atoms with van der Waals surface area (Å²) in [6, 6.07) is 7.37. The number of nitrogens with zero attached hydrogens (tertiary/aromatic N) is 3. The van der Waals surface area contributed by atoms with Crippen molar-refractivity contribution >= 4 is 28.5 Å². The zero-order valence-electron chi connectivity index (χ0n) is 13.4. The number of hydrogen-bond acceptors (Lipinski definition) is 4. The fraction of sp³-hybridized carbons (Fsp3) is 0.278. The maximum atomic E-state index is 11.5. The molecule has 3 heterocycles. The fourth-order valence-electron chi connectivity index (χ4n) is 3.26. The van der Waals surface area contributed by atoms with Crippen LogP contribution in [-0.2, 0) is 11.2 Å². The van der Waals surface area contributed by atoms with Crippen LogP contribution in [0.4, 0.5) is 0 Å². The van der Waals surface area contributed by atoms with Crippen molar-refractivity contribution in [2.75, 3.05) is 13.2 Å². The topological polar surface area (TPSA) is 77.2 Å². The van der Waals surface area contributed by atoms with Crippen molar-refractivity contribution in [2.45, 2.75) is 18.9 Å². The van der Waals surface area contributed by atoms with Gasteiger partial charge >= 0.3 is 5.97 Å². The molecular formula is C18H16ClN3O3. The molecule has 25 heavy (non-hydrogen) atoms. The molecule has 2 aromatic heterocycles. The van der Waals surface area contributed by atoms with Crippen LogP contribution in [0.5, 0.6) is 0 Å². The van der Waals surface area contributed by atoms with E-state index in [4.69, 9.17) is 21.4 Å². The van der Waals surface area contributed by atoms with E-state index in [9.17, 15) is 9.90 Å². The molecule has 1 atom stereocenters. The molecular weight excluding hydrogens is 342 g/mol. The maximum absolute atomic E-state index is 11.5. The third-order valence-electron chi connectivity index (χ3n) is 4.49. The number of halogens is 1. The summed E-state index contributed by atoms with van der Waals surface area (Å²) in [6.45, 7) is 1.35. The SMILES string of the molecule is O=C(O)c1ccncc1Cc1nn(C2CCOC2)c2ccc(Cl)cc12. The summed E-state index contributed by atoms with van der Waals surface area (Å²) in [4.78, 5) is 15.5. The molecule has 1 aromatic carbocycles. The lowest BCUT2D eigenvalue weighted by Gasteiger charge is -2.09. The highest BCUT2D eigenvalue weighted by Gasteiger charge is 2.23. The van der Waals surface area contributed by atoms with E-state index >= 15 is 0 Å². The Kier molecular flexibility index (Phi) is 4.15. The van der Waals surface area contributed by atoms with Gasteiger partial charge in [0.2, 0.25) is 0 Å². The number of aromatic nitrogens is 3. The van der Waals surface area contributed by atoms with Crippen molar-refractivity contribution in [3.63, 3.8) is 0 Å². The summed E-state index contributed by atoms with van der Waals surface area (Å²) in [5, 5.41) is 15.7. The monoisotopic (exact) mass is 357 g/mol. The van der Waals surface area contributed by atoms with Gasteiger partial charge in [-0.1, -0.05) is 11.6 Å². The van der Waals surface area contributed by atoms with E-state index in [1.165, 1.54) is 12.3 Å². The first-order valence-electron chi connectivity index (χ1n) is 8.04. The molecule has 1 N–H and O–H groups in total. The third-order valence-corrected chi connectivity index (χ3v) is 4.72. The number of carboxylic acids is 1. The summed E-state index contributed by atoms with van der Waals surface area (Å²) in [5.74, 6) is -0.969. The van der Waals surface area contributed by atoms with Gasteiger partial charge in [0.25, 0.3) is 0 Å². The van der Waals surface area contributed by atoms with Crippen molar-refractivity contribution < 1.29 is 14.6 Å². The zero-order chi connectivity index (χ0) is 17.4. The number of rotatable bonds is 4. The standard InChI is InChI=1S/C18H16ClN3O3/c19-12-1-2-17-15(8-12)16(21-22(17)13-4-6-25-10-13)7-11-9-20-5-3-14(11)18(23)24/h1-3,5,8-9,13H,4,6-7,10H2,(H,23,24). The van der Waals surface area contributed by atoms with Crippen molar-refractivity contribution in [3.05, 3.63) is 58.5 Å². The predicted octanol–water partition coefficient (Wildman–Crippen LogP) is 3.34. The number of carboxylic acid groups (broad SMARTS) is 1. The highest BCUT2D eigenvalue weighted by Crippen LogP contribution is 2.30. The molecule has 0 radical (unpaired) electrons. The second-order valence-corrected chi connectivity index (χ2v) is 6.52. The van der Waals surface area contributed by atoms with Crippen LogP contribution in [0.15, 0.2) is 36.7 Å². The van der Waals surface area contributed by atoms with Gasteiger partial charge in [-0.3, -0.25) is 9.67 Å². The first-order valence-corrected chi connectivity index (χ1v) is 8.42. The lowest BCUT2D eigenvalue weighted by atomic mass is 10.0. The molecule has 4 rings (SSSR count). The van der Waals surface area contributed by atoms with Gasteiger partial charge in [-0.2, -0.15) is 5.10 Å². The van der Waals surface area contributed by atoms with Crippen molar-refractivity contribution in [3.8, 4) is 0 Å². The van der Waals surface area contributed by atoms with Crippen LogP contribution in [0.1, 0.15) is 34.1 Å². The Bertz CT molecular complexity index is 948. The Morgan fingerprint density at radius 1 is 1.40 bits per heavy atom. The smallest absolute Gasteiger partial charge is 0.336 e. The van der Waals surface area contributed by atoms with E-state index in [-0.39, 0.29) is 11.6 Å². The summed E-state index contributed by atoms with van der Waals surface area (Å²) >= 11 is 6.18. The van der Waals surface area contributed by atoms with Crippen molar-refractivity contribution in [1.29, 1.82) is 0 Å². The number of pyridine rings is 1. The highest BCUT2D eigenvalue weighted by atomic mass is 35.5. The van der Waals surface area contributed by atoms with Crippen LogP contribution in [0, 0.1) is 0 Å².